The number of nitrogens with one attached hydrogen (secondary N) is 1. The molecule has 0 radical (unpaired) electrons. The second kappa shape index (κ2) is 7.17. The minimum atomic E-state index is 0.402. The molecule has 3 N–H and O–H groups in total. The molecule has 112 valence electrons. The highest BCUT2D eigenvalue weighted by molar-refractivity contribution is 7.05. The number of anilines is 1. The molecule has 0 aliphatic heterocycles. The molecular formula is C15H21N5S. The molecule has 0 saturated heterocycles. The molecule has 1 aromatic heterocycles. The summed E-state index contributed by atoms with van der Waals surface area (Å²) >= 11 is 1.35. The van der Waals surface area contributed by atoms with Crippen molar-refractivity contribution >= 4 is 23.2 Å². The first-order valence-corrected chi connectivity index (χ1v) is 7.82. The van der Waals surface area contributed by atoms with E-state index >= 15 is 0 Å². The first-order valence-electron chi connectivity index (χ1n) is 7.05. The van der Waals surface area contributed by atoms with E-state index in [2.05, 4.69) is 45.9 Å². The van der Waals surface area contributed by atoms with Gasteiger partial charge in [0.2, 0.25) is 0 Å². The van der Waals surface area contributed by atoms with Crippen LogP contribution in [0, 0.1) is 6.92 Å². The maximum atomic E-state index is 5.90. The lowest BCUT2D eigenvalue weighted by molar-refractivity contribution is 0.734. The lowest BCUT2D eigenvalue weighted by Crippen LogP contribution is -2.22. The first-order chi connectivity index (χ1) is 10.1. The number of rotatable bonds is 5. The number of aliphatic imine (C=N–C) groups is 1. The van der Waals surface area contributed by atoms with Gasteiger partial charge in [0, 0.05) is 5.69 Å². The van der Waals surface area contributed by atoms with Crippen LogP contribution in [0.1, 0.15) is 42.3 Å². The summed E-state index contributed by atoms with van der Waals surface area (Å²) in [5.41, 5.74) is 9.10. The zero-order valence-electron chi connectivity index (χ0n) is 12.6. The third kappa shape index (κ3) is 4.26. The SMILES string of the molecule is CCC(C)c1ccc(NC(N)=NCc2snnc2C)cc1. The summed E-state index contributed by atoms with van der Waals surface area (Å²) in [5.74, 6) is 0.978. The van der Waals surface area contributed by atoms with Gasteiger partial charge in [-0.05, 0) is 48.5 Å². The van der Waals surface area contributed by atoms with E-state index in [0.717, 1.165) is 22.7 Å². The number of benzene rings is 1. The molecule has 21 heavy (non-hydrogen) atoms. The van der Waals surface area contributed by atoms with E-state index in [-0.39, 0.29) is 0 Å². The number of aromatic nitrogens is 2. The van der Waals surface area contributed by atoms with Crippen LogP contribution >= 0.6 is 11.5 Å². The molecule has 1 atom stereocenters. The van der Waals surface area contributed by atoms with Crippen molar-refractivity contribution in [1.82, 2.24) is 9.59 Å². The molecule has 2 aromatic rings. The maximum Gasteiger partial charge on any atom is 0.193 e. The standard InChI is InChI=1S/C15H21N5S/c1-4-10(2)12-5-7-13(8-6-12)18-15(16)17-9-14-11(3)19-20-21-14/h5-8,10H,4,9H2,1-3H3,(H3,16,17,18). The van der Waals surface area contributed by atoms with Gasteiger partial charge in [0.1, 0.15) is 0 Å². The topological polar surface area (TPSA) is 76.2 Å². The average molecular weight is 303 g/mol. The molecule has 1 heterocycles. The van der Waals surface area contributed by atoms with Gasteiger partial charge >= 0.3 is 0 Å². The molecular weight excluding hydrogens is 282 g/mol. The van der Waals surface area contributed by atoms with Crippen LogP contribution in [0.2, 0.25) is 0 Å². The molecule has 0 spiro atoms. The van der Waals surface area contributed by atoms with Gasteiger partial charge in [-0.2, -0.15) is 0 Å². The Kier molecular flexibility index (Phi) is 5.27. The van der Waals surface area contributed by atoms with E-state index in [1.54, 1.807) is 0 Å². The van der Waals surface area contributed by atoms with Crippen molar-refractivity contribution in [2.45, 2.75) is 39.7 Å². The first kappa shape index (κ1) is 15.4. The van der Waals surface area contributed by atoms with Crippen LogP contribution in [-0.4, -0.2) is 15.5 Å². The molecule has 0 fully saturated rings. The summed E-state index contributed by atoms with van der Waals surface area (Å²) in [6.45, 7) is 6.85. The van der Waals surface area contributed by atoms with Gasteiger partial charge in [0.15, 0.2) is 5.96 Å². The molecule has 0 saturated carbocycles. The fourth-order valence-electron chi connectivity index (χ4n) is 1.87. The lowest BCUT2D eigenvalue weighted by atomic mass is 9.99. The highest BCUT2D eigenvalue weighted by atomic mass is 32.1. The molecule has 0 amide bonds. The summed E-state index contributed by atoms with van der Waals surface area (Å²) in [5, 5.41) is 7.05. The highest BCUT2D eigenvalue weighted by Gasteiger charge is 2.04. The predicted octanol–water partition coefficient (Wildman–Crippen LogP) is 3.29. The van der Waals surface area contributed by atoms with Crippen LogP contribution in [0.25, 0.3) is 0 Å². The fourth-order valence-corrected chi connectivity index (χ4v) is 2.43. The quantitative estimate of drug-likeness (QED) is 0.656. The van der Waals surface area contributed by atoms with E-state index in [9.17, 15) is 0 Å². The molecule has 1 unspecified atom stereocenters. The fraction of sp³-hybridized carbons (Fsp3) is 0.400. The second-order valence-electron chi connectivity index (χ2n) is 5.04. The number of nitrogens with two attached hydrogens (primary N) is 1. The molecule has 5 nitrogen and oxygen atoms in total. The number of guanidine groups is 1. The van der Waals surface area contributed by atoms with Crippen LogP contribution in [-0.2, 0) is 6.54 Å². The van der Waals surface area contributed by atoms with Gasteiger partial charge in [-0.25, -0.2) is 4.99 Å². The number of aryl methyl sites for hydroxylation is 1. The summed E-state index contributed by atoms with van der Waals surface area (Å²) < 4.78 is 3.88. The van der Waals surface area contributed by atoms with Gasteiger partial charge in [-0.3, -0.25) is 0 Å². The minimum Gasteiger partial charge on any atom is -0.370 e. The molecule has 1 aromatic carbocycles. The van der Waals surface area contributed by atoms with E-state index in [0.29, 0.717) is 18.4 Å². The Hall–Kier alpha value is -1.95. The van der Waals surface area contributed by atoms with Crippen LogP contribution in [0.4, 0.5) is 5.69 Å². The molecule has 6 heteroatoms. The Morgan fingerprint density at radius 1 is 1.38 bits per heavy atom. The Balaban J connectivity index is 1.96. The monoisotopic (exact) mass is 303 g/mol. The van der Waals surface area contributed by atoms with Crippen molar-refractivity contribution in [1.29, 1.82) is 0 Å². The number of hydrogen-bond donors (Lipinski definition) is 2. The maximum absolute atomic E-state index is 5.90. The van der Waals surface area contributed by atoms with E-state index in [4.69, 9.17) is 5.73 Å². The van der Waals surface area contributed by atoms with Crippen molar-refractivity contribution < 1.29 is 0 Å². The molecule has 2 rings (SSSR count). The predicted molar refractivity (Wildman–Crippen MR) is 88.7 cm³/mol. The van der Waals surface area contributed by atoms with Crippen LogP contribution in [0.3, 0.4) is 0 Å². The second-order valence-corrected chi connectivity index (χ2v) is 5.88. The van der Waals surface area contributed by atoms with E-state index < -0.39 is 0 Å². The third-order valence-electron chi connectivity index (χ3n) is 3.50. The van der Waals surface area contributed by atoms with Crippen molar-refractivity contribution in [2.75, 3.05) is 5.32 Å². The van der Waals surface area contributed by atoms with Crippen molar-refractivity contribution in [3.8, 4) is 0 Å². The Bertz CT molecular complexity index is 603. The number of nitrogens with zero attached hydrogens (tertiary/aromatic N) is 3. The molecule has 0 aliphatic carbocycles. The van der Waals surface area contributed by atoms with Gasteiger partial charge in [0.05, 0.1) is 17.1 Å². The van der Waals surface area contributed by atoms with Crippen LogP contribution < -0.4 is 11.1 Å². The summed E-state index contributed by atoms with van der Waals surface area (Å²) in [6, 6.07) is 8.31. The van der Waals surface area contributed by atoms with E-state index in [1.165, 1.54) is 17.1 Å². The summed E-state index contributed by atoms with van der Waals surface area (Å²) in [6.07, 6.45) is 1.14. The Morgan fingerprint density at radius 3 is 2.67 bits per heavy atom. The highest BCUT2D eigenvalue weighted by Crippen LogP contribution is 2.20. The zero-order chi connectivity index (χ0) is 15.2. The van der Waals surface area contributed by atoms with Crippen LogP contribution in [0.5, 0.6) is 0 Å². The largest absolute Gasteiger partial charge is 0.370 e. The lowest BCUT2D eigenvalue weighted by Gasteiger charge is -2.10. The summed E-state index contributed by atoms with van der Waals surface area (Å²) in [4.78, 5) is 5.34. The average Bonchev–Trinajstić information content (AvgIpc) is 2.90. The van der Waals surface area contributed by atoms with Crippen molar-refractivity contribution in [2.24, 2.45) is 10.7 Å². The Morgan fingerprint density at radius 2 is 2.10 bits per heavy atom. The van der Waals surface area contributed by atoms with Gasteiger partial charge in [0.25, 0.3) is 0 Å². The number of hydrogen-bond acceptors (Lipinski definition) is 4. The third-order valence-corrected chi connectivity index (χ3v) is 4.31. The van der Waals surface area contributed by atoms with Crippen molar-refractivity contribution in [3.63, 3.8) is 0 Å². The van der Waals surface area contributed by atoms with Gasteiger partial charge in [-0.1, -0.05) is 30.5 Å². The van der Waals surface area contributed by atoms with Gasteiger partial charge in [-0.15, -0.1) is 5.10 Å². The van der Waals surface area contributed by atoms with E-state index in [1.807, 2.05) is 19.1 Å². The Labute approximate surface area is 129 Å². The van der Waals surface area contributed by atoms with Gasteiger partial charge < -0.3 is 11.1 Å². The molecule has 0 aliphatic rings. The molecule has 0 bridgehead atoms. The van der Waals surface area contributed by atoms with Crippen LogP contribution in [0.15, 0.2) is 29.3 Å². The zero-order valence-corrected chi connectivity index (χ0v) is 13.4. The summed E-state index contributed by atoms with van der Waals surface area (Å²) in [7, 11) is 0. The smallest absolute Gasteiger partial charge is 0.193 e. The normalized spacial score (nSPS) is 13.2. The van der Waals surface area contributed by atoms with Crippen molar-refractivity contribution in [3.05, 3.63) is 40.4 Å². The minimum absolute atomic E-state index is 0.402.